The highest BCUT2D eigenvalue weighted by Crippen LogP contribution is 2.35. The van der Waals surface area contributed by atoms with E-state index in [1.165, 1.54) is 0 Å². The summed E-state index contributed by atoms with van der Waals surface area (Å²) in [4.78, 5) is 11.2. The Bertz CT molecular complexity index is 958. The number of hydrogen-bond acceptors (Lipinski definition) is 7. The number of carbonyl (C=O) groups is 1. The first-order valence-corrected chi connectivity index (χ1v) is 12.6. The number of carboxylic acid groups (broad SMARTS) is 1. The summed E-state index contributed by atoms with van der Waals surface area (Å²) in [5.41, 5.74) is 3.14. The van der Waals surface area contributed by atoms with Crippen LogP contribution in [0.1, 0.15) is 51.7 Å². The van der Waals surface area contributed by atoms with Gasteiger partial charge in [-0.25, -0.2) is 0 Å². The van der Waals surface area contributed by atoms with Crippen molar-refractivity contribution in [2.24, 2.45) is 5.92 Å². The van der Waals surface area contributed by atoms with Gasteiger partial charge >= 0.3 is 5.97 Å². The SMILES string of the molecule is CC.CC(C)CCCc1ccc(OC2OC(CO)C(O)C(O)C2O)c(-c2cccc(CC(=O)O)c2)c1. The topological polar surface area (TPSA) is 137 Å². The molecule has 1 heterocycles. The maximum atomic E-state index is 11.2. The molecule has 2 aromatic rings. The summed E-state index contributed by atoms with van der Waals surface area (Å²) < 4.78 is 11.5. The van der Waals surface area contributed by atoms with Crippen molar-refractivity contribution in [3.8, 4) is 16.9 Å². The van der Waals surface area contributed by atoms with Crippen LogP contribution < -0.4 is 4.74 Å². The van der Waals surface area contributed by atoms with Crippen LogP contribution in [0.2, 0.25) is 0 Å². The minimum Gasteiger partial charge on any atom is -0.481 e. The van der Waals surface area contributed by atoms with Crippen molar-refractivity contribution in [1.29, 1.82) is 0 Å². The Hall–Kier alpha value is -2.49. The molecule has 0 aliphatic carbocycles. The lowest BCUT2D eigenvalue weighted by molar-refractivity contribution is -0.277. The van der Waals surface area contributed by atoms with Crippen LogP contribution in [0.4, 0.5) is 0 Å². The van der Waals surface area contributed by atoms with Gasteiger partial charge < -0.3 is 35.0 Å². The Morgan fingerprint density at radius 3 is 2.36 bits per heavy atom. The zero-order chi connectivity index (χ0) is 26.8. The van der Waals surface area contributed by atoms with Gasteiger partial charge in [0.25, 0.3) is 0 Å². The van der Waals surface area contributed by atoms with Crippen molar-refractivity contribution in [3.05, 3.63) is 53.6 Å². The van der Waals surface area contributed by atoms with Crippen LogP contribution in [0.15, 0.2) is 42.5 Å². The third-order valence-electron chi connectivity index (χ3n) is 5.98. The number of hydrogen-bond donors (Lipinski definition) is 5. The molecule has 8 heteroatoms. The first-order valence-electron chi connectivity index (χ1n) is 12.6. The molecule has 3 rings (SSSR count). The van der Waals surface area contributed by atoms with Crippen LogP contribution >= 0.6 is 0 Å². The van der Waals surface area contributed by atoms with Gasteiger partial charge in [-0.15, -0.1) is 0 Å². The smallest absolute Gasteiger partial charge is 0.307 e. The average Bonchev–Trinajstić information content (AvgIpc) is 2.86. The fourth-order valence-electron chi connectivity index (χ4n) is 4.09. The third-order valence-corrected chi connectivity index (χ3v) is 5.98. The Morgan fingerprint density at radius 2 is 1.72 bits per heavy atom. The van der Waals surface area contributed by atoms with Crippen molar-refractivity contribution in [2.75, 3.05) is 6.61 Å². The molecule has 1 fully saturated rings. The molecule has 8 nitrogen and oxygen atoms in total. The molecule has 1 aliphatic rings. The van der Waals surface area contributed by atoms with Crippen LogP contribution in [-0.2, 0) is 22.4 Å². The number of aryl methyl sites for hydroxylation is 1. The highest BCUT2D eigenvalue weighted by Gasteiger charge is 2.44. The van der Waals surface area contributed by atoms with Gasteiger partial charge in [-0.3, -0.25) is 4.79 Å². The number of aliphatic carboxylic acids is 1. The molecular weight excluding hydrogens is 464 g/mol. The molecule has 0 amide bonds. The quantitative estimate of drug-likeness (QED) is 0.333. The first kappa shape index (κ1) is 29.7. The summed E-state index contributed by atoms with van der Waals surface area (Å²) in [6.45, 7) is 7.80. The second kappa shape index (κ2) is 14.3. The number of rotatable bonds is 10. The van der Waals surface area contributed by atoms with E-state index in [2.05, 4.69) is 13.8 Å². The third kappa shape index (κ3) is 8.01. The van der Waals surface area contributed by atoms with E-state index < -0.39 is 43.3 Å². The zero-order valence-corrected chi connectivity index (χ0v) is 21.5. The Balaban J connectivity index is 0.00000222. The maximum absolute atomic E-state index is 11.2. The summed E-state index contributed by atoms with van der Waals surface area (Å²) in [5.74, 6) is 0.0303. The lowest BCUT2D eigenvalue weighted by atomic mass is 9.96. The number of benzene rings is 2. The van der Waals surface area contributed by atoms with Crippen molar-refractivity contribution in [1.82, 2.24) is 0 Å². The summed E-state index contributed by atoms with van der Waals surface area (Å²) in [5, 5.41) is 49.2. The second-order valence-electron chi connectivity index (χ2n) is 9.20. The fraction of sp³-hybridized carbons (Fsp3) is 0.536. The summed E-state index contributed by atoms with van der Waals surface area (Å²) >= 11 is 0. The van der Waals surface area contributed by atoms with Crippen molar-refractivity contribution < 1.29 is 39.8 Å². The van der Waals surface area contributed by atoms with E-state index in [4.69, 9.17) is 9.47 Å². The minimum atomic E-state index is -1.55. The van der Waals surface area contributed by atoms with Gasteiger partial charge in [0.1, 0.15) is 30.2 Å². The van der Waals surface area contributed by atoms with Gasteiger partial charge in [0.15, 0.2) is 0 Å². The normalized spacial score (nSPS) is 23.6. The lowest BCUT2D eigenvalue weighted by Crippen LogP contribution is -2.60. The van der Waals surface area contributed by atoms with Gasteiger partial charge in [-0.1, -0.05) is 64.4 Å². The Labute approximate surface area is 213 Å². The van der Waals surface area contributed by atoms with Crippen LogP contribution in [0, 0.1) is 5.92 Å². The van der Waals surface area contributed by atoms with Crippen LogP contribution in [0.25, 0.3) is 11.1 Å². The van der Waals surface area contributed by atoms with E-state index in [1.54, 1.807) is 24.3 Å². The first-order chi connectivity index (χ1) is 17.2. The van der Waals surface area contributed by atoms with E-state index in [9.17, 15) is 30.3 Å². The highest BCUT2D eigenvalue weighted by molar-refractivity contribution is 5.74. The molecule has 0 spiro atoms. The molecule has 5 unspecified atom stereocenters. The fourth-order valence-corrected chi connectivity index (χ4v) is 4.09. The highest BCUT2D eigenvalue weighted by atomic mass is 16.7. The van der Waals surface area contributed by atoms with E-state index in [0.29, 0.717) is 22.8 Å². The molecule has 1 saturated heterocycles. The van der Waals surface area contributed by atoms with Gasteiger partial charge in [-0.2, -0.15) is 0 Å². The van der Waals surface area contributed by atoms with E-state index in [1.807, 2.05) is 32.0 Å². The van der Waals surface area contributed by atoms with Crippen LogP contribution in [0.5, 0.6) is 5.75 Å². The predicted molar refractivity (Wildman–Crippen MR) is 137 cm³/mol. The molecule has 5 atom stereocenters. The number of ether oxygens (including phenoxy) is 2. The molecule has 2 aromatic carbocycles. The summed E-state index contributed by atoms with van der Waals surface area (Å²) in [6.07, 6.45) is -4.11. The molecule has 0 bridgehead atoms. The molecule has 0 radical (unpaired) electrons. The van der Waals surface area contributed by atoms with E-state index in [0.717, 1.165) is 30.4 Å². The van der Waals surface area contributed by atoms with E-state index in [-0.39, 0.29) is 6.42 Å². The monoisotopic (exact) mass is 504 g/mol. The van der Waals surface area contributed by atoms with Gasteiger partial charge in [0, 0.05) is 5.56 Å². The van der Waals surface area contributed by atoms with Gasteiger partial charge in [0.2, 0.25) is 6.29 Å². The molecule has 0 saturated carbocycles. The summed E-state index contributed by atoms with van der Waals surface area (Å²) in [6, 6.07) is 12.8. The van der Waals surface area contributed by atoms with E-state index >= 15 is 0 Å². The van der Waals surface area contributed by atoms with Gasteiger partial charge in [0.05, 0.1) is 13.0 Å². The minimum absolute atomic E-state index is 0.120. The Morgan fingerprint density at radius 1 is 1.00 bits per heavy atom. The zero-order valence-electron chi connectivity index (χ0n) is 21.5. The Kier molecular flexibility index (Phi) is 11.8. The molecule has 36 heavy (non-hydrogen) atoms. The van der Waals surface area contributed by atoms with Crippen molar-refractivity contribution >= 4 is 5.97 Å². The molecule has 1 aliphatic heterocycles. The molecule has 0 aromatic heterocycles. The standard InChI is InChI=1S/C26H34O8.C2H6/c1-15(2)5-3-6-16-9-10-20(33-26-25(32)24(31)23(30)21(14-27)34-26)19(12-16)18-8-4-7-17(11-18)13-22(28)29;1-2/h4,7-12,15,21,23-27,30-32H,3,5-6,13-14H2,1-2H3,(H,28,29);1-2H3. The van der Waals surface area contributed by atoms with Crippen LogP contribution in [-0.4, -0.2) is 68.8 Å². The second-order valence-corrected chi connectivity index (χ2v) is 9.20. The van der Waals surface area contributed by atoms with Crippen molar-refractivity contribution in [2.45, 2.75) is 84.1 Å². The lowest BCUT2D eigenvalue weighted by Gasteiger charge is -2.39. The summed E-state index contributed by atoms with van der Waals surface area (Å²) in [7, 11) is 0. The molecule has 200 valence electrons. The number of aliphatic hydroxyl groups excluding tert-OH is 4. The molecule has 5 N–H and O–H groups in total. The van der Waals surface area contributed by atoms with Crippen molar-refractivity contribution in [3.63, 3.8) is 0 Å². The number of carboxylic acids is 1. The number of aliphatic hydroxyl groups is 4. The maximum Gasteiger partial charge on any atom is 0.307 e. The van der Waals surface area contributed by atoms with Gasteiger partial charge in [-0.05, 0) is 47.6 Å². The molecular formula is C28H40O8. The average molecular weight is 505 g/mol. The largest absolute Gasteiger partial charge is 0.481 e. The van der Waals surface area contributed by atoms with Crippen LogP contribution in [0.3, 0.4) is 0 Å². The predicted octanol–water partition coefficient (Wildman–Crippen LogP) is 3.16.